The lowest BCUT2D eigenvalue weighted by atomic mass is 9.65. The van der Waals surface area contributed by atoms with Crippen molar-refractivity contribution < 1.29 is 18.0 Å². The molecule has 0 radical (unpaired) electrons. The highest BCUT2D eigenvalue weighted by Crippen LogP contribution is 2.46. The minimum absolute atomic E-state index is 0.154. The van der Waals surface area contributed by atoms with Gasteiger partial charge in [0.25, 0.3) is 5.91 Å². The van der Waals surface area contributed by atoms with Gasteiger partial charge in [0.15, 0.2) is 0 Å². The number of rotatable bonds is 9. The van der Waals surface area contributed by atoms with Crippen LogP contribution in [-0.2, 0) is 7.05 Å². The molecular weight excluding hydrogens is 481 g/mol. The molecule has 0 unspecified atom stereocenters. The molecule has 1 aliphatic heterocycles. The van der Waals surface area contributed by atoms with Gasteiger partial charge in [-0.25, -0.2) is 4.98 Å². The van der Waals surface area contributed by atoms with Gasteiger partial charge in [0, 0.05) is 49.2 Å². The summed E-state index contributed by atoms with van der Waals surface area (Å²) in [7, 11) is 1.71. The van der Waals surface area contributed by atoms with Crippen LogP contribution in [-0.4, -0.2) is 52.5 Å². The normalized spacial score (nSPS) is 21.1. The van der Waals surface area contributed by atoms with E-state index in [1.54, 1.807) is 31.5 Å². The van der Waals surface area contributed by atoms with Crippen LogP contribution in [0.3, 0.4) is 0 Å². The van der Waals surface area contributed by atoms with Crippen molar-refractivity contribution in [1.29, 1.82) is 0 Å². The maximum absolute atomic E-state index is 13.6. The second-order valence-corrected chi connectivity index (χ2v) is 9.71. The summed E-state index contributed by atoms with van der Waals surface area (Å²) in [5, 5.41) is 13.5. The lowest BCUT2D eigenvalue weighted by Crippen LogP contribution is -2.49. The van der Waals surface area contributed by atoms with Crippen LogP contribution in [0.4, 0.5) is 13.2 Å². The molecule has 37 heavy (non-hydrogen) atoms. The van der Waals surface area contributed by atoms with Gasteiger partial charge in [-0.2, -0.15) is 18.3 Å². The summed E-state index contributed by atoms with van der Waals surface area (Å²) >= 11 is 0. The van der Waals surface area contributed by atoms with Gasteiger partial charge < -0.3 is 16.0 Å². The van der Waals surface area contributed by atoms with Gasteiger partial charge in [-0.3, -0.25) is 9.48 Å². The number of hydrogen-bond acceptors (Lipinski definition) is 5. The molecule has 2 aliphatic rings. The van der Waals surface area contributed by atoms with Gasteiger partial charge in [-0.1, -0.05) is 31.9 Å². The topological polar surface area (TPSA) is 83.9 Å². The van der Waals surface area contributed by atoms with Crippen LogP contribution in [0.25, 0.3) is 23.4 Å². The Balaban J connectivity index is 1.54. The SMILES string of the molecule is C=Cc1c(C(=C)NC2CC3(CCNC3)C2)cc(/C=C/CNC(=O)c2cnn(C)c2)nc1C(=C)C(F)(F)F. The molecule has 0 aromatic carbocycles. The van der Waals surface area contributed by atoms with Gasteiger partial charge >= 0.3 is 6.18 Å². The highest BCUT2D eigenvalue weighted by Gasteiger charge is 2.46. The Labute approximate surface area is 214 Å². The van der Waals surface area contributed by atoms with E-state index in [1.165, 1.54) is 17.0 Å². The molecule has 0 bridgehead atoms. The van der Waals surface area contributed by atoms with Gasteiger partial charge in [0.2, 0.25) is 0 Å². The van der Waals surface area contributed by atoms with E-state index in [9.17, 15) is 18.0 Å². The van der Waals surface area contributed by atoms with Gasteiger partial charge in [0.1, 0.15) is 0 Å². The fourth-order valence-corrected chi connectivity index (χ4v) is 5.01. The highest BCUT2D eigenvalue weighted by molar-refractivity contribution is 5.93. The Morgan fingerprint density at radius 2 is 2.11 bits per heavy atom. The number of aryl methyl sites for hydroxylation is 1. The smallest absolute Gasteiger partial charge is 0.382 e. The van der Waals surface area contributed by atoms with E-state index in [2.05, 4.69) is 45.8 Å². The number of pyridine rings is 1. The number of allylic oxidation sites excluding steroid dienone is 1. The first-order valence-corrected chi connectivity index (χ1v) is 12.1. The molecule has 1 saturated carbocycles. The van der Waals surface area contributed by atoms with Crippen molar-refractivity contribution in [1.82, 2.24) is 30.7 Å². The number of nitrogens with one attached hydrogen (secondary N) is 3. The molecule has 3 heterocycles. The standard InChI is InChI=1S/C27H31F3N6O/c1-5-22-23(18(3)34-21-12-26(13-21)8-10-31-16-26)11-20(35-24(22)17(2)27(28,29)30)7-6-9-32-25(37)19-14-33-36(4)15-19/h5-7,11,14-15,21,31,34H,1-3,8-10,12-13,16H2,4H3,(H,32,37)/b7-6+. The zero-order chi connectivity index (χ0) is 26.8. The molecule has 1 aliphatic carbocycles. The van der Waals surface area contributed by atoms with Crippen LogP contribution in [0.5, 0.6) is 0 Å². The van der Waals surface area contributed by atoms with Gasteiger partial charge in [-0.15, -0.1) is 0 Å². The van der Waals surface area contributed by atoms with Crippen molar-refractivity contribution in [3.05, 3.63) is 72.4 Å². The molecule has 4 rings (SSSR count). The van der Waals surface area contributed by atoms with Crippen molar-refractivity contribution in [3.8, 4) is 0 Å². The van der Waals surface area contributed by atoms with E-state index in [0.717, 1.165) is 32.4 Å². The minimum Gasteiger partial charge on any atom is -0.382 e. The first kappa shape index (κ1) is 26.4. The molecule has 3 N–H and O–H groups in total. The highest BCUT2D eigenvalue weighted by atomic mass is 19.4. The maximum Gasteiger partial charge on any atom is 0.417 e. The molecule has 1 amide bonds. The number of amides is 1. The Hall–Kier alpha value is -3.66. The third kappa shape index (κ3) is 5.85. The van der Waals surface area contributed by atoms with E-state index in [-0.39, 0.29) is 35.4 Å². The van der Waals surface area contributed by atoms with Crippen LogP contribution in [0.1, 0.15) is 52.1 Å². The van der Waals surface area contributed by atoms with Crippen LogP contribution in [0.2, 0.25) is 0 Å². The number of nitrogens with zero attached hydrogens (tertiary/aromatic N) is 3. The summed E-state index contributed by atoms with van der Waals surface area (Å²) in [6, 6.07) is 1.87. The second kappa shape index (κ2) is 10.4. The molecule has 0 atom stereocenters. The first-order chi connectivity index (χ1) is 17.5. The van der Waals surface area contributed by atoms with Crippen molar-refractivity contribution in [2.45, 2.75) is 31.5 Å². The molecule has 2 fully saturated rings. The van der Waals surface area contributed by atoms with E-state index >= 15 is 0 Å². The average molecular weight is 513 g/mol. The quantitative estimate of drug-likeness (QED) is 0.470. The van der Waals surface area contributed by atoms with E-state index < -0.39 is 11.7 Å². The fraction of sp³-hybridized carbons (Fsp3) is 0.370. The third-order valence-corrected chi connectivity index (χ3v) is 6.94. The van der Waals surface area contributed by atoms with Crippen LogP contribution >= 0.6 is 0 Å². The van der Waals surface area contributed by atoms with E-state index in [0.29, 0.717) is 22.2 Å². The first-order valence-electron chi connectivity index (χ1n) is 12.1. The summed E-state index contributed by atoms with van der Waals surface area (Å²) in [6.45, 7) is 13.3. The summed E-state index contributed by atoms with van der Waals surface area (Å²) in [6.07, 6.45) is 6.00. The maximum atomic E-state index is 13.6. The Morgan fingerprint density at radius 1 is 1.35 bits per heavy atom. The van der Waals surface area contributed by atoms with Crippen LogP contribution < -0.4 is 16.0 Å². The predicted octanol–water partition coefficient (Wildman–Crippen LogP) is 4.18. The van der Waals surface area contributed by atoms with Gasteiger partial charge in [0.05, 0.1) is 28.7 Å². The lowest BCUT2D eigenvalue weighted by molar-refractivity contribution is -0.0689. The number of hydrogen-bond donors (Lipinski definition) is 3. The molecular formula is C27H31F3N6O. The summed E-state index contributed by atoms with van der Waals surface area (Å²) in [5.41, 5.74) is 0.852. The predicted molar refractivity (Wildman–Crippen MR) is 139 cm³/mol. The van der Waals surface area contributed by atoms with E-state index in [4.69, 9.17) is 0 Å². The Bertz CT molecular complexity index is 1250. The van der Waals surface area contributed by atoms with Crippen molar-refractivity contribution in [3.63, 3.8) is 0 Å². The van der Waals surface area contributed by atoms with Crippen molar-refractivity contribution in [2.24, 2.45) is 12.5 Å². The van der Waals surface area contributed by atoms with E-state index in [1.807, 2.05) is 0 Å². The average Bonchev–Trinajstić information content (AvgIpc) is 3.49. The minimum atomic E-state index is -4.66. The number of carbonyl (C=O) groups is 1. The van der Waals surface area contributed by atoms with Crippen LogP contribution in [0.15, 0.2) is 44.3 Å². The largest absolute Gasteiger partial charge is 0.417 e. The Kier molecular flexibility index (Phi) is 7.40. The Morgan fingerprint density at radius 3 is 2.70 bits per heavy atom. The third-order valence-electron chi connectivity index (χ3n) is 6.94. The van der Waals surface area contributed by atoms with Crippen molar-refractivity contribution in [2.75, 3.05) is 19.6 Å². The number of alkyl halides is 3. The number of carbonyl (C=O) groups excluding carboxylic acids is 1. The molecule has 10 heteroatoms. The number of halogens is 3. The summed E-state index contributed by atoms with van der Waals surface area (Å²) in [4.78, 5) is 16.4. The molecule has 2 aromatic heterocycles. The fourth-order valence-electron chi connectivity index (χ4n) is 5.01. The molecule has 7 nitrogen and oxygen atoms in total. The molecule has 1 saturated heterocycles. The zero-order valence-electron chi connectivity index (χ0n) is 20.8. The van der Waals surface area contributed by atoms with Crippen molar-refractivity contribution >= 4 is 29.3 Å². The van der Waals surface area contributed by atoms with Gasteiger partial charge in [-0.05, 0) is 43.4 Å². The molecule has 2 aromatic rings. The molecule has 196 valence electrons. The second-order valence-electron chi connectivity index (χ2n) is 9.71. The molecule has 1 spiro atoms. The zero-order valence-corrected chi connectivity index (χ0v) is 20.8. The number of aromatic nitrogens is 3. The van der Waals surface area contributed by atoms with Crippen LogP contribution in [0, 0.1) is 5.41 Å². The summed E-state index contributed by atoms with van der Waals surface area (Å²) < 4.78 is 42.4. The monoisotopic (exact) mass is 512 g/mol. The summed E-state index contributed by atoms with van der Waals surface area (Å²) in [5.74, 6) is -0.312. The lowest BCUT2D eigenvalue weighted by Gasteiger charge is -2.46.